The summed E-state index contributed by atoms with van der Waals surface area (Å²) in [6.45, 7) is 3.86. The standard InChI is InChI=1S/C22H20FN5O/c1-14-4-6-16(7-5-14)21-19(22(29)24-20-12-15(2)25-27(20)3)13-28(26-21)18-10-8-17(23)9-11-18/h4-13H,1-3H3,(H,24,29). The Morgan fingerprint density at radius 2 is 1.69 bits per heavy atom. The van der Waals surface area contributed by atoms with Crippen LogP contribution in [0, 0.1) is 19.7 Å². The lowest BCUT2D eigenvalue weighted by Crippen LogP contribution is -2.14. The summed E-state index contributed by atoms with van der Waals surface area (Å²) in [6.07, 6.45) is 1.65. The number of benzene rings is 2. The highest BCUT2D eigenvalue weighted by atomic mass is 19.1. The summed E-state index contributed by atoms with van der Waals surface area (Å²) in [6, 6.07) is 15.6. The van der Waals surface area contributed by atoms with Crippen molar-refractivity contribution < 1.29 is 9.18 Å². The summed E-state index contributed by atoms with van der Waals surface area (Å²) in [7, 11) is 1.77. The molecule has 0 unspecified atom stereocenters. The summed E-state index contributed by atoms with van der Waals surface area (Å²) in [5, 5.41) is 11.8. The number of hydrogen-bond acceptors (Lipinski definition) is 3. The Labute approximate surface area is 167 Å². The molecule has 0 saturated heterocycles. The first-order valence-electron chi connectivity index (χ1n) is 9.15. The third-order valence-corrected chi connectivity index (χ3v) is 4.62. The first-order chi connectivity index (χ1) is 13.9. The molecule has 0 atom stereocenters. The van der Waals surface area contributed by atoms with Gasteiger partial charge in [-0.1, -0.05) is 29.8 Å². The molecule has 146 valence electrons. The molecule has 1 amide bonds. The van der Waals surface area contributed by atoms with Crippen molar-refractivity contribution in [3.63, 3.8) is 0 Å². The molecule has 6 nitrogen and oxygen atoms in total. The lowest BCUT2D eigenvalue weighted by atomic mass is 10.1. The van der Waals surface area contributed by atoms with Gasteiger partial charge in [-0.3, -0.25) is 9.48 Å². The molecular formula is C22H20FN5O. The van der Waals surface area contributed by atoms with Gasteiger partial charge in [0.05, 0.1) is 16.9 Å². The highest BCUT2D eigenvalue weighted by Gasteiger charge is 2.20. The van der Waals surface area contributed by atoms with Crippen LogP contribution in [0.25, 0.3) is 16.9 Å². The van der Waals surface area contributed by atoms with E-state index in [2.05, 4.69) is 15.5 Å². The number of aryl methyl sites for hydroxylation is 3. The molecular weight excluding hydrogens is 369 g/mol. The van der Waals surface area contributed by atoms with E-state index in [0.717, 1.165) is 16.8 Å². The zero-order chi connectivity index (χ0) is 20.5. The molecule has 0 bridgehead atoms. The highest BCUT2D eigenvalue weighted by molar-refractivity contribution is 6.07. The van der Waals surface area contributed by atoms with Gasteiger partial charge in [0.1, 0.15) is 17.3 Å². The number of rotatable bonds is 4. The summed E-state index contributed by atoms with van der Waals surface area (Å²) >= 11 is 0. The van der Waals surface area contributed by atoms with E-state index < -0.39 is 0 Å². The van der Waals surface area contributed by atoms with E-state index in [-0.39, 0.29) is 11.7 Å². The normalized spacial score (nSPS) is 10.9. The SMILES string of the molecule is Cc1ccc(-c2nn(-c3ccc(F)cc3)cc2C(=O)Nc2cc(C)nn2C)cc1. The quantitative estimate of drug-likeness (QED) is 0.567. The van der Waals surface area contributed by atoms with Gasteiger partial charge >= 0.3 is 0 Å². The summed E-state index contributed by atoms with van der Waals surface area (Å²) in [4.78, 5) is 13.1. The van der Waals surface area contributed by atoms with Gasteiger partial charge in [-0.2, -0.15) is 10.2 Å². The lowest BCUT2D eigenvalue weighted by molar-refractivity contribution is 0.102. The molecule has 0 aliphatic heterocycles. The zero-order valence-electron chi connectivity index (χ0n) is 16.3. The maximum Gasteiger partial charge on any atom is 0.260 e. The second-order valence-corrected chi connectivity index (χ2v) is 6.93. The third kappa shape index (κ3) is 3.80. The van der Waals surface area contributed by atoms with Crippen LogP contribution in [0.2, 0.25) is 0 Å². The molecule has 4 aromatic rings. The number of carbonyl (C=O) groups excluding carboxylic acids is 1. The Bertz CT molecular complexity index is 1170. The van der Waals surface area contributed by atoms with Gasteiger partial charge < -0.3 is 5.32 Å². The molecule has 0 radical (unpaired) electrons. The Morgan fingerprint density at radius 1 is 1.00 bits per heavy atom. The number of nitrogens with one attached hydrogen (secondary N) is 1. The smallest absolute Gasteiger partial charge is 0.260 e. The van der Waals surface area contributed by atoms with Crippen LogP contribution in [0.5, 0.6) is 0 Å². The van der Waals surface area contributed by atoms with E-state index in [1.165, 1.54) is 12.1 Å². The fraction of sp³-hybridized carbons (Fsp3) is 0.136. The molecule has 0 saturated carbocycles. The average Bonchev–Trinajstić information content (AvgIpc) is 3.26. The molecule has 7 heteroatoms. The fourth-order valence-corrected chi connectivity index (χ4v) is 3.10. The van der Waals surface area contributed by atoms with Gasteiger partial charge in [-0.15, -0.1) is 0 Å². The molecule has 2 aromatic carbocycles. The molecule has 29 heavy (non-hydrogen) atoms. The van der Waals surface area contributed by atoms with Crippen LogP contribution >= 0.6 is 0 Å². The molecule has 0 aliphatic carbocycles. The van der Waals surface area contributed by atoms with E-state index in [1.807, 2.05) is 38.1 Å². The molecule has 2 heterocycles. The van der Waals surface area contributed by atoms with Crippen molar-refractivity contribution in [2.24, 2.45) is 7.05 Å². The van der Waals surface area contributed by atoms with Crippen molar-refractivity contribution in [2.75, 3.05) is 5.32 Å². The van der Waals surface area contributed by atoms with E-state index in [4.69, 9.17) is 0 Å². The van der Waals surface area contributed by atoms with Crippen LogP contribution < -0.4 is 5.32 Å². The average molecular weight is 389 g/mol. The first kappa shape index (κ1) is 18.6. The summed E-state index contributed by atoms with van der Waals surface area (Å²) in [5.41, 5.74) is 4.37. The van der Waals surface area contributed by atoms with E-state index in [0.29, 0.717) is 22.8 Å². The predicted octanol–water partition coefficient (Wildman–Crippen LogP) is 4.28. The van der Waals surface area contributed by atoms with Crippen molar-refractivity contribution in [3.8, 4) is 16.9 Å². The molecule has 2 aromatic heterocycles. The monoisotopic (exact) mass is 389 g/mol. The maximum absolute atomic E-state index is 13.3. The molecule has 0 fully saturated rings. The Morgan fingerprint density at radius 3 is 2.31 bits per heavy atom. The Hall–Kier alpha value is -3.74. The van der Waals surface area contributed by atoms with Gasteiger partial charge in [0, 0.05) is 24.9 Å². The number of anilines is 1. The first-order valence-corrected chi connectivity index (χ1v) is 9.15. The van der Waals surface area contributed by atoms with Crippen LogP contribution in [-0.2, 0) is 7.05 Å². The number of aromatic nitrogens is 4. The zero-order valence-corrected chi connectivity index (χ0v) is 16.3. The van der Waals surface area contributed by atoms with Crippen LogP contribution in [0.1, 0.15) is 21.6 Å². The Balaban J connectivity index is 1.77. The largest absolute Gasteiger partial charge is 0.307 e. The molecule has 4 rings (SSSR count). The second-order valence-electron chi connectivity index (χ2n) is 6.93. The van der Waals surface area contributed by atoms with Crippen LogP contribution in [0.15, 0.2) is 60.8 Å². The van der Waals surface area contributed by atoms with Gasteiger partial charge in [-0.05, 0) is 38.1 Å². The van der Waals surface area contributed by atoms with Crippen LogP contribution in [0.4, 0.5) is 10.2 Å². The van der Waals surface area contributed by atoms with Crippen molar-refractivity contribution in [2.45, 2.75) is 13.8 Å². The van der Waals surface area contributed by atoms with E-state index >= 15 is 0 Å². The second kappa shape index (κ2) is 7.35. The van der Waals surface area contributed by atoms with Crippen molar-refractivity contribution in [1.29, 1.82) is 0 Å². The van der Waals surface area contributed by atoms with Gasteiger partial charge in [0.15, 0.2) is 0 Å². The number of carbonyl (C=O) groups is 1. The fourth-order valence-electron chi connectivity index (χ4n) is 3.10. The lowest BCUT2D eigenvalue weighted by Gasteiger charge is -2.05. The minimum atomic E-state index is -0.329. The highest BCUT2D eigenvalue weighted by Crippen LogP contribution is 2.25. The molecule has 0 spiro atoms. The van der Waals surface area contributed by atoms with Gasteiger partial charge in [-0.25, -0.2) is 9.07 Å². The maximum atomic E-state index is 13.3. The number of hydrogen-bond donors (Lipinski definition) is 1. The summed E-state index contributed by atoms with van der Waals surface area (Å²) < 4.78 is 16.5. The number of halogens is 1. The minimum absolute atomic E-state index is 0.295. The van der Waals surface area contributed by atoms with Crippen molar-refractivity contribution >= 4 is 11.7 Å². The predicted molar refractivity (Wildman–Crippen MR) is 110 cm³/mol. The van der Waals surface area contributed by atoms with Crippen LogP contribution in [0.3, 0.4) is 0 Å². The van der Waals surface area contributed by atoms with E-state index in [1.54, 1.807) is 40.8 Å². The van der Waals surface area contributed by atoms with Crippen molar-refractivity contribution in [1.82, 2.24) is 19.6 Å². The van der Waals surface area contributed by atoms with Gasteiger partial charge in [0.25, 0.3) is 5.91 Å². The Kier molecular flexibility index (Phi) is 4.72. The molecule has 0 aliphatic rings. The molecule has 1 N–H and O–H groups in total. The van der Waals surface area contributed by atoms with Crippen LogP contribution in [-0.4, -0.2) is 25.5 Å². The number of amides is 1. The van der Waals surface area contributed by atoms with E-state index in [9.17, 15) is 9.18 Å². The van der Waals surface area contributed by atoms with Gasteiger partial charge in [0.2, 0.25) is 0 Å². The number of nitrogens with zero attached hydrogens (tertiary/aromatic N) is 4. The summed E-state index contributed by atoms with van der Waals surface area (Å²) in [5.74, 6) is -0.0296. The van der Waals surface area contributed by atoms with Crippen molar-refractivity contribution in [3.05, 3.63) is 83.4 Å². The minimum Gasteiger partial charge on any atom is -0.307 e. The topological polar surface area (TPSA) is 64.7 Å². The third-order valence-electron chi connectivity index (χ3n) is 4.62.